The first-order chi connectivity index (χ1) is 15.4. The molecule has 0 radical (unpaired) electrons. The van der Waals surface area contributed by atoms with E-state index in [-0.39, 0.29) is 5.91 Å². The van der Waals surface area contributed by atoms with Crippen LogP contribution in [0.2, 0.25) is 0 Å². The van der Waals surface area contributed by atoms with E-state index in [0.717, 1.165) is 16.8 Å². The number of urea groups is 1. The Bertz CT molecular complexity index is 1150. The van der Waals surface area contributed by atoms with Gasteiger partial charge in [-0.2, -0.15) is 0 Å². The van der Waals surface area contributed by atoms with Crippen molar-refractivity contribution in [1.82, 2.24) is 5.32 Å². The molecule has 0 spiro atoms. The zero-order chi connectivity index (χ0) is 22.7. The zero-order valence-electron chi connectivity index (χ0n) is 18.4. The first kappa shape index (κ1) is 21.3. The summed E-state index contributed by atoms with van der Waals surface area (Å²) in [5, 5.41) is 5.53. The van der Waals surface area contributed by atoms with E-state index in [0.29, 0.717) is 17.3 Å². The summed E-state index contributed by atoms with van der Waals surface area (Å²) < 4.78 is 0. The maximum absolute atomic E-state index is 13.2. The molecule has 6 nitrogen and oxygen atoms in total. The third kappa shape index (κ3) is 4.39. The molecule has 0 bridgehead atoms. The molecule has 1 heterocycles. The lowest BCUT2D eigenvalue weighted by atomic mass is 10.0. The fourth-order valence-electron chi connectivity index (χ4n) is 3.69. The molecule has 2 N–H and O–H groups in total. The van der Waals surface area contributed by atoms with E-state index in [1.807, 2.05) is 78.9 Å². The maximum Gasteiger partial charge on any atom is 0.321 e. The van der Waals surface area contributed by atoms with Crippen LogP contribution in [-0.2, 0) is 4.79 Å². The fraction of sp³-hybridized carbons (Fsp3) is 0.192. The van der Waals surface area contributed by atoms with Gasteiger partial charge in [-0.3, -0.25) is 4.79 Å². The quantitative estimate of drug-likeness (QED) is 0.631. The van der Waals surface area contributed by atoms with E-state index >= 15 is 0 Å². The zero-order valence-corrected chi connectivity index (χ0v) is 18.4. The van der Waals surface area contributed by atoms with Crippen molar-refractivity contribution >= 4 is 29.0 Å². The number of benzene rings is 3. The monoisotopic (exact) mass is 426 g/mol. The van der Waals surface area contributed by atoms with Gasteiger partial charge in [-0.15, -0.1) is 0 Å². The Labute approximate surface area is 188 Å². The summed E-state index contributed by atoms with van der Waals surface area (Å²) in [5.41, 5.74) is 4.95. The first-order valence-electron chi connectivity index (χ1n) is 10.6. The van der Waals surface area contributed by atoms with E-state index < -0.39 is 12.2 Å². The van der Waals surface area contributed by atoms with Crippen molar-refractivity contribution in [1.29, 1.82) is 0 Å². The van der Waals surface area contributed by atoms with E-state index in [1.165, 1.54) is 10.5 Å². The van der Waals surface area contributed by atoms with Gasteiger partial charge in [0.2, 0.25) is 6.17 Å². The number of hydrogen-bond donors (Lipinski definition) is 2. The van der Waals surface area contributed by atoms with Crippen LogP contribution >= 0.6 is 0 Å². The van der Waals surface area contributed by atoms with E-state index in [4.69, 9.17) is 4.99 Å². The van der Waals surface area contributed by atoms with E-state index in [2.05, 4.69) is 24.5 Å². The van der Waals surface area contributed by atoms with Crippen molar-refractivity contribution in [2.24, 2.45) is 4.99 Å². The van der Waals surface area contributed by atoms with Crippen LogP contribution in [0.25, 0.3) is 0 Å². The Morgan fingerprint density at radius 3 is 2.28 bits per heavy atom. The highest BCUT2D eigenvalue weighted by atomic mass is 16.2. The lowest BCUT2D eigenvalue weighted by Crippen LogP contribution is -2.47. The highest BCUT2D eigenvalue weighted by Crippen LogP contribution is 2.27. The lowest BCUT2D eigenvalue weighted by Gasteiger charge is -2.21. The number of amides is 3. The topological polar surface area (TPSA) is 73.8 Å². The highest BCUT2D eigenvalue weighted by Gasteiger charge is 2.30. The van der Waals surface area contributed by atoms with Crippen LogP contribution in [0.3, 0.4) is 0 Å². The van der Waals surface area contributed by atoms with Gasteiger partial charge in [0.1, 0.15) is 0 Å². The minimum Gasteiger partial charge on any atom is -0.311 e. The summed E-state index contributed by atoms with van der Waals surface area (Å²) in [4.78, 5) is 32.1. The predicted octanol–water partition coefficient (Wildman–Crippen LogP) is 4.77. The summed E-state index contributed by atoms with van der Waals surface area (Å²) in [6, 6.07) is 24.4. The molecule has 0 aromatic heterocycles. The van der Waals surface area contributed by atoms with Gasteiger partial charge >= 0.3 is 6.03 Å². The molecule has 3 amide bonds. The van der Waals surface area contributed by atoms with Crippen molar-refractivity contribution in [2.45, 2.75) is 25.9 Å². The summed E-state index contributed by atoms with van der Waals surface area (Å²) in [7, 11) is 1.70. The minimum atomic E-state index is -1.06. The number of likely N-dealkylation sites (N-methyl/N-ethyl adjacent to an activating group) is 1. The highest BCUT2D eigenvalue weighted by molar-refractivity contribution is 6.20. The number of fused-ring (bicyclic) bond motifs is 1. The third-order valence-corrected chi connectivity index (χ3v) is 5.49. The number of carbonyl (C=O) groups excluding carboxylic acids is 2. The van der Waals surface area contributed by atoms with Gasteiger partial charge in [0.05, 0.1) is 11.4 Å². The second kappa shape index (κ2) is 9.06. The largest absolute Gasteiger partial charge is 0.321 e. The van der Waals surface area contributed by atoms with Crippen LogP contribution in [0.15, 0.2) is 83.9 Å². The number of nitrogens with zero attached hydrogens (tertiary/aromatic N) is 2. The number of para-hydroxylation sites is 1. The SMILES string of the molecule is CC(C)c1ccc(NC(=O)N[C@H]2N=C(c3ccccc3)c3ccccc3N(C)C2=O)cc1. The number of rotatable bonds is 4. The molecule has 3 aromatic rings. The van der Waals surface area contributed by atoms with Crippen molar-refractivity contribution in [3.8, 4) is 0 Å². The van der Waals surface area contributed by atoms with Crippen LogP contribution < -0.4 is 15.5 Å². The molecule has 0 fully saturated rings. The molecular formula is C26H26N4O2. The van der Waals surface area contributed by atoms with E-state index in [1.54, 1.807) is 7.05 Å². The van der Waals surface area contributed by atoms with Crippen molar-refractivity contribution in [3.05, 3.63) is 95.6 Å². The molecule has 0 saturated heterocycles. The van der Waals surface area contributed by atoms with Gasteiger partial charge in [0.15, 0.2) is 0 Å². The van der Waals surface area contributed by atoms with Gasteiger partial charge in [-0.25, -0.2) is 9.79 Å². The molecule has 1 aliphatic rings. The number of anilines is 2. The number of carbonyl (C=O) groups is 2. The smallest absolute Gasteiger partial charge is 0.311 e. The van der Waals surface area contributed by atoms with Gasteiger partial charge in [-0.1, -0.05) is 74.5 Å². The average molecular weight is 427 g/mol. The average Bonchev–Trinajstić information content (AvgIpc) is 2.91. The first-order valence-corrected chi connectivity index (χ1v) is 10.6. The van der Waals surface area contributed by atoms with Gasteiger partial charge in [0, 0.05) is 23.9 Å². The molecule has 6 heteroatoms. The lowest BCUT2D eigenvalue weighted by molar-refractivity contribution is -0.119. The molecule has 32 heavy (non-hydrogen) atoms. The molecule has 162 valence electrons. The molecule has 4 rings (SSSR count). The van der Waals surface area contributed by atoms with Crippen LogP contribution in [0.5, 0.6) is 0 Å². The Hall–Kier alpha value is -3.93. The predicted molar refractivity (Wildman–Crippen MR) is 128 cm³/mol. The fourth-order valence-corrected chi connectivity index (χ4v) is 3.69. The Kier molecular flexibility index (Phi) is 6.03. The molecule has 3 aromatic carbocycles. The Morgan fingerprint density at radius 2 is 1.59 bits per heavy atom. The van der Waals surface area contributed by atoms with Gasteiger partial charge < -0.3 is 15.5 Å². The Morgan fingerprint density at radius 1 is 0.938 bits per heavy atom. The summed E-state index contributed by atoms with van der Waals surface area (Å²) in [6.07, 6.45) is -1.06. The van der Waals surface area contributed by atoms with Crippen LogP contribution in [0.1, 0.15) is 36.5 Å². The standard InChI is InChI=1S/C26H26N4O2/c1-17(2)18-13-15-20(16-14-18)27-26(32)29-24-25(31)30(3)22-12-8-7-11-21(22)23(28-24)19-9-5-4-6-10-19/h4-17,24H,1-3H3,(H2,27,29,32)/t24-/m1/s1. The van der Waals surface area contributed by atoms with Gasteiger partial charge in [-0.05, 0) is 29.7 Å². The second-order valence-electron chi connectivity index (χ2n) is 8.04. The normalized spacial score (nSPS) is 15.6. The van der Waals surface area contributed by atoms with Crippen LogP contribution in [0.4, 0.5) is 16.2 Å². The molecule has 1 aliphatic heterocycles. The molecule has 0 aliphatic carbocycles. The molecule has 1 atom stereocenters. The van der Waals surface area contributed by atoms with Crippen molar-refractivity contribution in [3.63, 3.8) is 0 Å². The van der Waals surface area contributed by atoms with Crippen molar-refractivity contribution in [2.75, 3.05) is 17.3 Å². The number of benzodiazepines with no additional fused rings is 1. The van der Waals surface area contributed by atoms with Gasteiger partial charge in [0.25, 0.3) is 5.91 Å². The van der Waals surface area contributed by atoms with Crippen molar-refractivity contribution < 1.29 is 9.59 Å². The molecule has 0 saturated carbocycles. The summed E-state index contributed by atoms with van der Waals surface area (Å²) in [6.45, 7) is 4.23. The van der Waals surface area contributed by atoms with Crippen LogP contribution in [-0.4, -0.2) is 30.9 Å². The summed E-state index contributed by atoms with van der Waals surface area (Å²) in [5.74, 6) is 0.0955. The number of aliphatic imine (C=N–C) groups is 1. The van der Waals surface area contributed by atoms with E-state index in [9.17, 15) is 9.59 Å². The number of hydrogen-bond acceptors (Lipinski definition) is 3. The molecular weight excluding hydrogens is 400 g/mol. The summed E-state index contributed by atoms with van der Waals surface area (Å²) >= 11 is 0. The van der Waals surface area contributed by atoms with Crippen LogP contribution in [0, 0.1) is 0 Å². The Balaban J connectivity index is 1.63. The number of nitrogens with one attached hydrogen (secondary N) is 2. The third-order valence-electron chi connectivity index (χ3n) is 5.49. The second-order valence-corrected chi connectivity index (χ2v) is 8.04. The minimum absolute atomic E-state index is 0.311. The molecule has 0 unspecified atom stereocenters. The maximum atomic E-state index is 13.2.